The molecule has 2 aromatic heterocycles. The van der Waals surface area contributed by atoms with E-state index < -0.39 is 28.9 Å². The van der Waals surface area contributed by atoms with Crippen LogP contribution in [0.5, 0.6) is 0 Å². The molecule has 8 aliphatic carbocycles. The van der Waals surface area contributed by atoms with Crippen LogP contribution in [0.2, 0.25) is 0 Å². The van der Waals surface area contributed by atoms with E-state index in [1.165, 1.54) is 18.2 Å². The lowest BCUT2D eigenvalue weighted by Gasteiger charge is -2.71. The molecule has 94 heavy (non-hydrogen) atoms. The summed E-state index contributed by atoms with van der Waals surface area (Å²) >= 11 is 0. The van der Waals surface area contributed by atoms with Gasteiger partial charge in [-0.1, -0.05) is 148 Å². The fraction of sp³-hybridized carbons (Fsp3) is 0.870. The number of carbonyl (C=O) groups is 2. The number of aliphatic carboxylic acids is 2. The lowest BCUT2D eigenvalue weighted by Crippen LogP contribution is -2.70. The minimum absolute atomic E-state index is 0.00434. The van der Waals surface area contributed by atoms with Crippen molar-refractivity contribution in [1.29, 1.82) is 0 Å². The van der Waals surface area contributed by atoms with Gasteiger partial charge in [0.15, 0.2) is 0 Å². The molecule has 10 aliphatic rings. The Bertz CT molecular complexity index is 3040. The molecule has 0 amide bonds. The first-order valence-corrected chi connectivity index (χ1v) is 36.7. The molecule has 12 rings (SSSR count). The molecule has 0 unspecified atom stereocenters. The summed E-state index contributed by atoms with van der Waals surface area (Å²) in [6.45, 7) is 49.0. The van der Waals surface area contributed by atoms with Gasteiger partial charge in [0.1, 0.15) is 25.3 Å². The van der Waals surface area contributed by atoms with E-state index in [0.717, 1.165) is 83.7 Å². The van der Waals surface area contributed by atoms with Crippen LogP contribution in [0.25, 0.3) is 0 Å². The van der Waals surface area contributed by atoms with Crippen molar-refractivity contribution in [3.05, 3.63) is 48.6 Å². The molecule has 0 spiro atoms. The molecule has 2 aliphatic heterocycles. The van der Waals surface area contributed by atoms with Crippen molar-refractivity contribution in [3.63, 3.8) is 0 Å². The highest BCUT2D eigenvalue weighted by atomic mass is 16.5. The molecule has 17 nitrogen and oxygen atoms in total. The van der Waals surface area contributed by atoms with Crippen molar-refractivity contribution < 1.29 is 43.5 Å². The number of methoxy groups -OCH3 is 1. The van der Waals surface area contributed by atoms with Gasteiger partial charge >= 0.3 is 11.9 Å². The summed E-state index contributed by atoms with van der Waals surface area (Å²) in [5, 5.41) is 32.6. The van der Waals surface area contributed by atoms with Crippen LogP contribution < -0.4 is 11.5 Å². The molecule has 530 valence electrons. The van der Waals surface area contributed by atoms with Crippen molar-refractivity contribution >= 4 is 11.9 Å². The van der Waals surface area contributed by atoms with Crippen molar-refractivity contribution in [2.45, 2.75) is 251 Å². The SMILES string of the molecule is CC(C)[C@@H](C)[C@@]1(C)CC[C@]2(C)[C@H]3CC[C@@H]4[C@@]5(COC[C@@]4(C)[C@@H](OC[C@](C)(N)C(C)C)[C@H](n4cncn4)C5)C3=CC[C@@]2(C)[C@@H]1C(=O)O.CO[C@@H]1C[C@@]23COC[C@](C)([C@@H]2CC[C@H]2C3=CC[C@@]3(C)[C@H](C(=O)O)[C@@](C)([C@H](C)C(C)C)CC[C@]23C)[C@H]1OC[C@](C)(N)C(C)C.c1nc[nH]n1. The Morgan fingerprint density at radius 3 is 1.45 bits per heavy atom. The summed E-state index contributed by atoms with van der Waals surface area (Å²) in [5.41, 5.74) is 13.7. The van der Waals surface area contributed by atoms with Crippen molar-refractivity contribution in [2.24, 2.45) is 137 Å². The molecule has 0 radical (unpaired) electrons. The molecule has 2 saturated heterocycles. The van der Waals surface area contributed by atoms with Gasteiger partial charge in [-0.3, -0.25) is 14.7 Å². The molecular formula is C77H128N8O9. The van der Waals surface area contributed by atoms with Gasteiger partial charge in [-0.05, 0) is 183 Å². The Morgan fingerprint density at radius 1 is 0.628 bits per heavy atom. The number of fused-ring (bicyclic) bond motifs is 6. The fourth-order valence-electron chi connectivity index (χ4n) is 23.6. The first-order chi connectivity index (χ1) is 43.7. The predicted octanol–water partition coefficient (Wildman–Crippen LogP) is 14.3. The van der Waals surface area contributed by atoms with Crippen LogP contribution in [0.1, 0.15) is 222 Å². The summed E-state index contributed by atoms with van der Waals surface area (Å²) in [6, 6.07) is 0.00434. The van der Waals surface area contributed by atoms with Crippen LogP contribution in [0.3, 0.4) is 0 Å². The number of carboxylic acid groups (broad SMARTS) is 2. The third kappa shape index (κ3) is 11.1. The average Bonchev–Trinajstić information content (AvgIpc) is 0.770. The van der Waals surface area contributed by atoms with E-state index in [9.17, 15) is 19.8 Å². The lowest BCUT2D eigenvalue weighted by atomic mass is 9.34. The van der Waals surface area contributed by atoms with Gasteiger partial charge in [0.2, 0.25) is 0 Å². The lowest BCUT2D eigenvalue weighted by molar-refractivity contribution is -0.269. The van der Waals surface area contributed by atoms with E-state index in [2.05, 4.69) is 171 Å². The molecule has 0 aromatic carbocycles. The first kappa shape index (κ1) is 73.1. The minimum atomic E-state index is -0.613. The van der Waals surface area contributed by atoms with Gasteiger partial charge in [0.25, 0.3) is 0 Å². The van der Waals surface area contributed by atoms with E-state index in [1.54, 1.807) is 11.9 Å². The van der Waals surface area contributed by atoms with E-state index in [-0.39, 0.29) is 90.3 Å². The third-order valence-corrected chi connectivity index (χ3v) is 31.4. The number of nitrogens with one attached hydrogen (secondary N) is 1. The van der Waals surface area contributed by atoms with E-state index in [4.69, 9.17) is 40.3 Å². The number of carboxylic acids is 2. The molecule has 8 fully saturated rings. The second-order valence-corrected chi connectivity index (χ2v) is 36.8. The summed E-state index contributed by atoms with van der Waals surface area (Å²) in [7, 11) is 1.84. The number of ether oxygens (including phenoxy) is 5. The number of aromatic amines is 1. The molecule has 2 aromatic rings. The van der Waals surface area contributed by atoms with E-state index in [1.807, 2.05) is 18.1 Å². The summed E-state index contributed by atoms with van der Waals surface area (Å²) in [5.74, 6) is 1.68. The minimum Gasteiger partial charge on any atom is -0.481 e. The van der Waals surface area contributed by atoms with Crippen molar-refractivity contribution in [2.75, 3.05) is 46.8 Å². The highest BCUT2D eigenvalue weighted by Crippen LogP contribution is 2.78. The van der Waals surface area contributed by atoms with E-state index >= 15 is 0 Å². The maximum absolute atomic E-state index is 13.4. The second-order valence-electron chi connectivity index (χ2n) is 36.8. The molecular weight excluding hydrogens is 1180 g/mol. The normalized spacial score (nSPS) is 44.8. The molecule has 6 saturated carbocycles. The maximum atomic E-state index is 13.4. The second kappa shape index (κ2) is 25.5. The number of aromatic nitrogens is 6. The summed E-state index contributed by atoms with van der Waals surface area (Å²) in [4.78, 5) is 34.7. The number of hydrogen-bond acceptors (Lipinski definition) is 13. The highest BCUT2D eigenvalue weighted by Gasteiger charge is 2.74. The van der Waals surface area contributed by atoms with Crippen molar-refractivity contribution in [1.82, 2.24) is 29.9 Å². The number of hydrogen-bond donors (Lipinski definition) is 5. The van der Waals surface area contributed by atoms with Crippen LogP contribution in [-0.2, 0) is 33.3 Å². The van der Waals surface area contributed by atoms with Crippen LogP contribution in [0.4, 0.5) is 0 Å². The zero-order valence-corrected chi connectivity index (χ0v) is 62.1. The Kier molecular flexibility index (Phi) is 19.9. The fourth-order valence-corrected chi connectivity index (χ4v) is 23.6. The quantitative estimate of drug-likeness (QED) is 0.0981. The smallest absolute Gasteiger partial charge is 0.307 e. The maximum Gasteiger partial charge on any atom is 0.307 e. The standard InChI is InChI=1S/C38H62N4O4.C37H63NO5.C2H3N3/c1-23(2)25(5)33(6)15-16-35(8)26-11-12-29-34(7)18-45-20-38(29,27(26)13-14-36(35,9)30(33)32(43)44)17-28(42-22-40-21-41-42)31(34)46-19-37(10,39)24(3)4;1-22(2)24(5)32(6)16-17-34(8)25-12-13-28-33(7)19-42-21-37(28,26(25)14-15-35(34,9)29(32)31(39)40)18-27(41-11)30(33)43-20-36(10,38)23(3)4;1-3-2-5-4-1/h13,21-26,28-31H,11-12,14-20,39H2,1-10H3,(H,43,44);14,22-25,27-30H,12-13,15-21,38H2,1-11H3,(H,39,40);1-2H,(H,3,4,5)/t25-,26+,28-,29+,30-,31+,33-,34-,35-,36+,37+,38+;24-,25+,27-,28+,29-,30+,32-,33-,34-,35+,36+,37+;/m11./s1. The summed E-state index contributed by atoms with van der Waals surface area (Å²) < 4.78 is 35.4. The van der Waals surface area contributed by atoms with Crippen molar-refractivity contribution in [3.8, 4) is 0 Å². The monoisotopic (exact) mass is 1310 g/mol. The van der Waals surface area contributed by atoms with Crippen LogP contribution in [0.15, 0.2) is 48.6 Å². The van der Waals surface area contributed by atoms with Crippen LogP contribution >= 0.6 is 0 Å². The predicted molar refractivity (Wildman–Crippen MR) is 368 cm³/mol. The van der Waals surface area contributed by atoms with Gasteiger partial charge in [-0.25, -0.2) is 14.6 Å². The highest BCUT2D eigenvalue weighted by molar-refractivity contribution is 5.74. The topological polar surface area (TPSA) is 245 Å². The Hall–Kier alpha value is -3.58. The number of nitrogens with zero attached hydrogens (tertiary/aromatic N) is 5. The molecule has 17 heteroatoms. The number of nitrogens with two attached hydrogens (primary N) is 2. The Labute approximate surface area is 565 Å². The zero-order chi connectivity index (χ0) is 69.2. The van der Waals surface area contributed by atoms with Gasteiger partial charge in [-0.2, -0.15) is 10.2 Å². The number of allylic oxidation sites excluding steroid dienone is 2. The van der Waals surface area contributed by atoms with Gasteiger partial charge in [0, 0.05) is 39.8 Å². The van der Waals surface area contributed by atoms with Crippen LogP contribution in [0, 0.1) is 125 Å². The van der Waals surface area contributed by atoms with Crippen LogP contribution in [-0.4, -0.2) is 128 Å². The largest absolute Gasteiger partial charge is 0.481 e. The van der Waals surface area contributed by atoms with Gasteiger partial charge < -0.3 is 45.4 Å². The number of H-pyrrole nitrogens is 1. The first-order valence-electron chi connectivity index (χ1n) is 36.7. The third-order valence-electron chi connectivity index (χ3n) is 31.4. The average molecular weight is 1310 g/mol. The Balaban J connectivity index is 0.000000191. The number of rotatable bonds is 16. The van der Waals surface area contributed by atoms with Gasteiger partial charge in [0.05, 0.1) is 75.8 Å². The molecule has 24 atom stereocenters. The Morgan fingerprint density at radius 2 is 1.07 bits per heavy atom. The molecule has 4 bridgehead atoms. The molecule has 7 N–H and O–H groups in total. The van der Waals surface area contributed by atoms with Gasteiger partial charge in [-0.15, -0.1) is 0 Å². The summed E-state index contributed by atoms with van der Waals surface area (Å²) in [6.07, 6.45) is 23.1. The van der Waals surface area contributed by atoms with E-state index in [0.29, 0.717) is 86.3 Å². The zero-order valence-electron chi connectivity index (χ0n) is 62.1. The molecule has 4 heterocycles.